The summed E-state index contributed by atoms with van der Waals surface area (Å²) in [6, 6.07) is 7.64. The van der Waals surface area contributed by atoms with Crippen molar-refractivity contribution >= 4 is 11.3 Å². The molecule has 2 rings (SSSR count). The number of rotatable bonds is 6. The number of thiophene rings is 1. The van der Waals surface area contributed by atoms with E-state index in [1.165, 1.54) is 17.1 Å². The number of hydrogen-bond donors (Lipinski definition) is 1. The molecular formula is C14H17FN2S. The molecule has 2 aromatic heterocycles. The smallest absolute Gasteiger partial charge is 0.141 e. The van der Waals surface area contributed by atoms with Crippen molar-refractivity contribution in [1.82, 2.24) is 10.3 Å². The molecule has 0 bridgehead atoms. The van der Waals surface area contributed by atoms with Crippen LogP contribution in [-0.4, -0.2) is 11.5 Å². The molecule has 2 heterocycles. The van der Waals surface area contributed by atoms with E-state index in [-0.39, 0.29) is 11.9 Å². The summed E-state index contributed by atoms with van der Waals surface area (Å²) in [5.41, 5.74) is 0.912. The molecule has 0 fully saturated rings. The van der Waals surface area contributed by atoms with Gasteiger partial charge in [-0.15, -0.1) is 11.3 Å². The topological polar surface area (TPSA) is 24.9 Å². The Morgan fingerprint density at radius 1 is 1.39 bits per heavy atom. The summed E-state index contributed by atoms with van der Waals surface area (Å²) < 4.78 is 12.9. The number of aryl methyl sites for hydroxylation is 1. The van der Waals surface area contributed by atoms with Crippen molar-refractivity contribution in [1.29, 1.82) is 0 Å². The molecule has 2 nitrogen and oxygen atoms in total. The second-order valence-corrected chi connectivity index (χ2v) is 5.16. The average Bonchev–Trinajstić information content (AvgIpc) is 2.89. The van der Waals surface area contributed by atoms with Crippen LogP contribution in [-0.2, 0) is 6.42 Å². The number of aromatic nitrogens is 1. The summed E-state index contributed by atoms with van der Waals surface area (Å²) in [7, 11) is 0. The quantitative estimate of drug-likeness (QED) is 0.863. The number of nitrogens with zero attached hydrogens (tertiary/aromatic N) is 1. The SMILES string of the molecule is CCNC(CCc1cccs1)c1ccc(F)cn1. The maximum absolute atomic E-state index is 12.9. The van der Waals surface area contributed by atoms with Gasteiger partial charge < -0.3 is 5.32 Å². The van der Waals surface area contributed by atoms with Crippen molar-refractivity contribution in [3.05, 3.63) is 52.2 Å². The van der Waals surface area contributed by atoms with Crippen LogP contribution >= 0.6 is 11.3 Å². The van der Waals surface area contributed by atoms with Crippen LogP contribution in [0.15, 0.2) is 35.8 Å². The van der Waals surface area contributed by atoms with E-state index >= 15 is 0 Å². The van der Waals surface area contributed by atoms with Crippen LogP contribution in [0.3, 0.4) is 0 Å². The summed E-state index contributed by atoms with van der Waals surface area (Å²) >= 11 is 1.77. The van der Waals surface area contributed by atoms with Crippen molar-refractivity contribution in [2.24, 2.45) is 0 Å². The van der Waals surface area contributed by atoms with Crippen LogP contribution in [0.4, 0.5) is 4.39 Å². The van der Waals surface area contributed by atoms with Crippen molar-refractivity contribution in [3.8, 4) is 0 Å². The monoisotopic (exact) mass is 264 g/mol. The standard InChI is InChI=1S/C14H17FN2S/c1-2-16-13(8-6-12-4-3-9-18-12)14-7-5-11(15)10-17-14/h3-5,7,9-10,13,16H,2,6,8H2,1H3. The molecule has 0 aliphatic rings. The molecule has 0 saturated heterocycles. The van der Waals surface area contributed by atoms with Crippen LogP contribution in [0.25, 0.3) is 0 Å². The Labute approximate surface area is 111 Å². The van der Waals surface area contributed by atoms with Gasteiger partial charge in [-0.05, 0) is 43.0 Å². The van der Waals surface area contributed by atoms with Crippen LogP contribution < -0.4 is 5.32 Å². The summed E-state index contributed by atoms with van der Waals surface area (Å²) in [6.07, 6.45) is 3.28. The van der Waals surface area contributed by atoms with E-state index in [4.69, 9.17) is 0 Å². The van der Waals surface area contributed by atoms with Gasteiger partial charge in [-0.2, -0.15) is 0 Å². The summed E-state index contributed by atoms with van der Waals surface area (Å²) in [5.74, 6) is -0.285. The zero-order chi connectivity index (χ0) is 12.8. The third-order valence-electron chi connectivity index (χ3n) is 2.82. The lowest BCUT2D eigenvalue weighted by Crippen LogP contribution is -2.22. The second kappa shape index (κ2) is 6.61. The van der Waals surface area contributed by atoms with Crippen LogP contribution in [0.2, 0.25) is 0 Å². The number of halogens is 1. The minimum absolute atomic E-state index is 0.192. The lowest BCUT2D eigenvalue weighted by atomic mass is 10.1. The van der Waals surface area contributed by atoms with Gasteiger partial charge in [0.05, 0.1) is 11.9 Å². The van der Waals surface area contributed by atoms with Gasteiger partial charge in [-0.1, -0.05) is 13.0 Å². The average molecular weight is 264 g/mol. The molecule has 0 aliphatic carbocycles. The summed E-state index contributed by atoms with van der Waals surface area (Å²) in [4.78, 5) is 5.54. The molecule has 1 atom stereocenters. The third-order valence-corrected chi connectivity index (χ3v) is 3.75. The van der Waals surface area contributed by atoms with Gasteiger partial charge in [0.15, 0.2) is 0 Å². The molecule has 1 N–H and O–H groups in total. The van der Waals surface area contributed by atoms with E-state index in [0.29, 0.717) is 0 Å². The lowest BCUT2D eigenvalue weighted by molar-refractivity contribution is 0.502. The molecule has 0 radical (unpaired) electrons. The Balaban J connectivity index is 2.01. The van der Waals surface area contributed by atoms with E-state index in [0.717, 1.165) is 25.1 Å². The molecule has 0 saturated carbocycles. The van der Waals surface area contributed by atoms with Gasteiger partial charge in [-0.25, -0.2) is 4.39 Å². The minimum atomic E-state index is -0.285. The highest BCUT2D eigenvalue weighted by Crippen LogP contribution is 2.19. The maximum atomic E-state index is 12.9. The van der Waals surface area contributed by atoms with Gasteiger partial charge in [0.2, 0.25) is 0 Å². The Hall–Kier alpha value is -1.26. The number of nitrogens with one attached hydrogen (secondary N) is 1. The highest BCUT2D eigenvalue weighted by molar-refractivity contribution is 7.09. The predicted molar refractivity (Wildman–Crippen MR) is 73.3 cm³/mol. The third kappa shape index (κ3) is 3.62. The van der Waals surface area contributed by atoms with Crippen LogP contribution in [0, 0.1) is 5.82 Å². The molecule has 0 spiro atoms. The first-order valence-electron chi connectivity index (χ1n) is 6.17. The van der Waals surface area contributed by atoms with Crippen LogP contribution in [0.5, 0.6) is 0 Å². The molecule has 18 heavy (non-hydrogen) atoms. The van der Waals surface area contributed by atoms with Gasteiger partial charge in [0.1, 0.15) is 5.82 Å². The number of pyridine rings is 1. The first kappa shape index (κ1) is 13.2. The normalized spacial score (nSPS) is 12.6. The van der Waals surface area contributed by atoms with Gasteiger partial charge in [0, 0.05) is 10.9 Å². The maximum Gasteiger partial charge on any atom is 0.141 e. The van der Waals surface area contributed by atoms with Crippen LogP contribution in [0.1, 0.15) is 30.0 Å². The van der Waals surface area contributed by atoms with Crippen molar-refractivity contribution in [2.45, 2.75) is 25.8 Å². The second-order valence-electron chi connectivity index (χ2n) is 4.13. The molecule has 1 unspecified atom stereocenters. The summed E-state index contributed by atoms with van der Waals surface area (Å²) in [6.45, 7) is 2.95. The molecule has 0 amide bonds. The fourth-order valence-corrected chi connectivity index (χ4v) is 2.66. The molecule has 0 aromatic carbocycles. The van der Waals surface area contributed by atoms with Crippen molar-refractivity contribution in [3.63, 3.8) is 0 Å². The van der Waals surface area contributed by atoms with E-state index in [1.54, 1.807) is 17.4 Å². The Kier molecular flexibility index (Phi) is 4.84. The fraction of sp³-hybridized carbons (Fsp3) is 0.357. The zero-order valence-corrected chi connectivity index (χ0v) is 11.2. The zero-order valence-electron chi connectivity index (χ0n) is 10.4. The Morgan fingerprint density at radius 3 is 2.89 bits per heavy atom. The fourth-order valence-electron chi connectivity index (χ4n) is 1.94. The Morgan fingerprint density at radius 2 is 2.28 bits per heavy atom. The molecule has 0 aliphatic heterocycles. The molecule has 96 valence electrons. The molecular weight excluding hydrogens is 247 g/mol. The van der Waals surface area contributed by atoms with Crippen molar-refractivity contribution < 1.29 is 4.39 Å². The van der Waals surface area contributed by atoms with Gasteiger partial charge in [-0.3, -0.25) is 4.98 Å². The molecule has 2 aromatic rings. The first-order chi connectivity index (χ1) is 8.79. The van der Waals surface area contributed by atoms with Crippen molar-refractivity contribution in [2.75, 3.05) is 6.54 Å². The number of hydrogen-bond acceptors (Lipinski definition) is 3. The van der Waals surface area contributed by atoms with E-state index in [2.05, 4.69) is 34.7 Å². The first-order valence-corrected chi connectivity index (χ1v) is 7.04. The molecule has 4 heteroatoms. The predicted octanol–water partition coefficient (Wildman–Crippen LogP) is 3.57. The largest absolute Gasteiger partial charge is 0.309 e. The summed E-state index contributed by atoms with van der Waals surface area (Å²) in [5, 5.41) is 5.49. The minimum Gasteiger partial charge on any atom is -0.309 e. The van der Waals surface area contributed by atoms with Gasteiger partial charge >= 0.3 is 0 Å². The Bertz CT molecular complexity index is 453. The lowest BCUT2D eigenvalue weighted by Gasteiger charge is -2.16. The highest BCUT2D eigenvalue weighted by atomic mass is 32.1. The van der Waals surface area contributed by atoms with Gasteiger partial charge in [0.25, 0.3) is 0 Å². The van der Waals surface area contributed by atoms with E-state index in [9.17, 15) is 4.39 Å². The van der Waals surface area contributed by atoms with E-state index < -0.39 is 0 Å². The van der Waals surface area contributed by atoms with E-state index in [1.807, 2.05) is 0 Å². The highest BCUT2D eigenvalue weighted by Gasteiger charge is 2.12.